The van der Waals surface area contributed by atoms with Gasteiger partial charge in [0.05, 0.1) is 12.1 Å². The minimum absolute atomic E-state index is 0.0235. The summed E-state index contributed by atoms with van der Waals surface area (Å²) in [4.78, 5) is 25.2. The molecule has 0 aliphatic rings. The summed E-state index contributed by atoms with van der Waals surface area (Å²) in [7, 11) is 1.63. The van der Waals surface area contributed by atoms with Gasteiger partial charge in [-0.05, 0) is 36.8 Å². The number of amides is 1. The highest BCUT2D eigenvalue weighted by Gasteiger charge is 2.17. The first-order valence-corrected chi connectivity index (χ1v) is 10.9. The van der Waals surface area contributed by atoms with Gasteiger partial charge in [0, 0.05) is 23.7 Å². The van der Waals surface area contributed by atoms with Crippen LogP contribution in [0.15, 0.2) is 53.3 Å². The number of pyridine rings is 1. The standard InChI is InChI=1S/C25H30N2O4/c1-3-4-5-6-7-11-16-31-23-22(28)20-15-14-19(17-21(20)27(2)25(23)30)26-24(29)18-12-9-8-10-13-18/h8-10,12-15,17,28H,3-7,11,16H2,1-2H3,(H,26,29). The molecule has 6 heteroatoms. The monoisotopic (exact) mass is 422 g/mol. The number of anilines is 1. The van der Waals surface area contributed by atoms with Crippen LogP contribution in [0, 0.1) is 0 Å². The largest absolute Gasteiger partial charge is 0.504 e. The molecule has 0 atom stereocenters. The lowest BCUT2D eigenvalue weighted by Gasteiger charge is -2.14. The maximum absolute atomic E-state index is 12.8. The van der Waals surface area contributed by atoms with Crippen LogP contribution in [0.25, 0.3) is 10.9 Å². The van der Waals surface area contributed by atoms with Crippen molar-refractivity contribution in [3.63, 3.8) is 0 Å². The molecular weight excluding hydrogens is 392 g/mol. The first-order chi connectivity index (χ1) is 15.0. The highest BCUT2D eigenvalue weighted by Crippen LogP contribution is 2.32. The molecule has 0 fully saturated rings. The van der Waals surface area contributed by atoms with Crippen molar-refractivity contribution in [2.75, 3.05) is 11.9 Å². The Kier molecular flexibility index (Phi) is 7.70. The molecule has 0 unspecified atom stereocenters. The molecule has 1 aromatic heterocycles. The van der Waals surface area contributed by atoms with Gasteiger partial charge < -0.3 is 19.7 Å². The maximum atomic E-state index is 12.8. The number of aryl methyl sites for hydroxylation is 1. The molecule has 0 radical (unpaired) electrons. The van der Waals surface area contributed by atoms with E-state index in [2.05, 4.69) is 12.2 Å². The second kappa shape index (κ2) is 10.7. The summed E-state index contributed by atoms with van der Waals surface area (Å²) in [6.45, 7) is 2.58. The van der Waals surface area contributed by atoms with E-state index in [1.165, 1.54) is 23.8 Å². The highest BCUT2D eigenvalue weighted by atomic mass is 16.5. The third-order valence-corrected chi connectivity index (χ3v) is 5.37. The molecular formula is C25H30N2O4. The molecule has 0 aliphatic heterocycles. The van der Waals surface area contributed by atoms with Crippen molar-refractivity contribution >= 4 is 22.5 Å². The lowest BCUT2D eigenvalue weighted by molar-refractivity contribution is 0.102. The fourth-order valence-corrected chi connectivity index (χ4v) is 3.55. The molecule has 1 amide bonds. The van der Waals surface area contributed by atoms with Crippen molar-refractivity contribution in [3.8, 4) is 11.5 Å². The van der Waals surface area contributed by atoms with Gasteiger partial charge in [0.15, 0.2) is 5.75 Å². The van der Waals surface area contributed by atoms with Gasteiger partial charge in [0.2, 0.25) is 5.75 Å². The van der Waals surface area contributed by atoms with Gasteiger partial charge in [0.25, 0.3) is 11.5 Å². The fraction of sp³-hybridized carbons (Fsp3) is 0.360. The van der Waals surface area contributed by atoms with Crippen molar-refractivity contribution in [2.45, 2.75) is 45.4 Å². The summed E-state index contributed by atoms with van der Waals surface area (Å²) in [5, 5.41) is 14.0. The molecule has 31 heavy (non-hydrogen) atoms. The lowest BCUT2D eigenvalue weighted by Crippen LogP contribution is -2.20. The molecule has 0 aliphatic carbocycles. The zero-order valence-corrected chi connectivity index (χ0v) is 18.2. The Morgan fingerprint density at radius 3 is 2.48 bits per heavy atom. The van der Waals surface area contributed by atoms with Crippen LogP contribution in [0.2, 0.25) is 0 Å². The number of carbonyl (C=O) groups excluding carboxylic acids is 1. The zero-order valence-electron chi connectivity index (χ0n) is 18.2. The predicted octanol–water partition coefficient (Wildman–Crippen LogP) is 5.24. The second-order valence-corrected chi connectivity index (χ2v) is 7.71. The normalized spacial score (nSPS) is 10.9. The molecule has 3 aromatic rings. The average Bonchev–Trinajstić information content (AvgIpc) is 2.79. The molecule has 0 saturated heterocycles. The number of nitrogens with zero attached hydrogens (tertiary/aromatic N) is 1. The molecule has 6 nitrogen and oxygen atoms in total. The number of rotatable bonds is 10. The topological polar surface area (TPSA) is 80.6 Å². The van der Waals surface area contributed by atoms with Gasteiger partial charge in [0.1, 0.15) is 0 Å². The molecule has 2 aromatic carbocycles. The molecule has 164 valence electrons. The smallest absolute Gasteiger partial charge is 0.297 e. The Morgan fingerprint density at radius 1 is 1.03 bits per heavy atom. The van der Waals surface area contributed by atoms with E-state index in [0.717, 1.165) is 19.3 Å². The molecule has 2 N–H and O–H groups in total. The van der Waals surface area contributed by atoms with Gasteiger partial charge in [-0.2, -0.15) is 0 Å². The third kappa shape index (κ3) is 5.45. The van der Waals surface area contributed by atoms with E-state index in [1.807, 2.05) is 6.07 Å². The molecule has 0 saturated carbocycles. The predicted molar refractivity (Wildman–Crippen MR) is 124 cm³/mol. The number of carbonyl (C=O) groups is 1. The first kappa shape index (κ1) is 22.4. The average molecular weight is 423 g/mol. The van der Waals surface area contributed by atoms with E-state index in [4.69, 9.17) is 4.74 Å². The SMILES string of the molecule is CCCCCCCCOc1c(O)c2ccc(NC(=O)c3ccccc3)cc2n(C)c1=O. The Balaban J connectivity index is 1.75. The van der Waals surface area contributed by atoms with Crippen LogP contribution >= 0.6 is 0 Å². The number of hydrogen-bond donors (Lipinski definition) is 2. The van der Waals surface area contributed by atoms with E-state index < -0.39 is 5.56 Å². The fourth-order valence-electron chi connectivity index (χ4n) is 3.55. The number of unbranched alkanes of at least 4 members (excludes halogenated alkanes) is 5. The Hall–Kier alpha value is -3.28. The lowest BCUT2D eigenvalue weighted by atomic mass is 10.1. The van der Waals surface area contributed by atoms with Crippen molar-refractivity contribution in [1.29, 1.82) is 0 Å². The number of aromatic hydroxyl groups is 1. The van der Waals surface area contributed by atoms with Gasteiger partial charge in [-0.15, -0.1) is 0 Å². The number of benzene rings is 2. The minimum Gasteiger partial charge on any atom is -0.504 e. The van der Waals surface area contributed by atoms with Gasteiger partial charge in [-0.25, -0.2) is 0 Å². The summed E-state index contributed by atoms with van der Waals surface area (Å²) in [6.07, 6.45) is 6.68. The van der Waals surface area contributed by atoms with E-state index in [1.54, 1.807) is 49.5 Å². The van der Waals surface area contributed by atoms with E-state index >= 15 is 0 Å². The number of fused-ring (bicyclic) bond motifs is 1. The summed E-state index contributed by atoms with van der Waals surface area (Å²) in [6, 6.07) is 13.9. The molecule has 0 spiro atoms. The first-order valence-electron chi connectivity index (χ1n) is 10.9. The van der Waals surface area contributed by atoms with E-state index in [9.17, 15) is 14.7 Å². The molecule has 0 bridgehead atoms. The number of ether oxygens (including phenoxy) is 1. The van der Waals surface area contributed by atoms with Crippen LogP contribution in [0.1, 0.15) is 55.8 Å². The van der Waals surface area contributed by atoms with Crippen LogP contribution in [0.4, 0.5) is 5.69 Å². The summed E-state index contributed by atoms with van der Waals surface area (Å²) in [5.41, 5.74) is 1.19. The quantitative estimate of drug-likeness (QED) is 0.438. The Morgan fingerprint density at radius 2 is 1.74 bits per heavy atom. The van der Waals surface area contributed by atoms with E-state index in [-0.39, 0.29) is 17.4 Å². The maximum Gasteiger partial charge on any atom is 0.297 e. The Labute approximate surface area is 182 Å². The van der Waals surface area contributed by atoms with Gasteiger partial charge in [-0.1, -0.05) is 57.2 Å². The van der Waals surface area contributed by atoms with Crippen molar-refractivity contribution < 1.29 is 14.6 Å². The Bertz CT molecular complexity index is 1090. The van der Waals surface area contributed by atoms with Crippen molar-refractivity contribution in [2.24, 2.45) is 7.05 Å². The summed E-state index contributed by atoms with van der Waals surface area (Å²) >= 11 is 0. The van der Waals surface area contributed by atoms with Crippen LogP contribution in [-0.2, 0) is 7.05 Å². The zero-order chi connectivity index (χ0) is 22.2. The second-order valence-electron chi connectivity index (χ2n) is 7.71. The van der Waals surface area contributed by atoms with Crippen molar-refractivity contribution in [3.05, 3.63) is 64.4 Å². The van der Waals surface area contributed by atoms with Crippen LogP contribution < -0.4 is 15.6 Å². The number of hydrogen-bond acceptors (Lipinski definition) is 4. The van der Waals surface area contributed by atoms with E-state index in [0.29, 0.717) is 28.8 Å². The number of aromatic nitrogens is 1. The number of nitrogens with one attached hydrogen (secondary N) is 1. The summed E-state index contributed by atoms with van der Waals surface area (Å²) in [5.74, 6) is -0.428. The minimum atomic E-state index is -0.400. The van der Waals surface area contributed by atoms with Crippen LogP contribution in [0.5, 0.6) is 11.5 Å². The van der Waals surface area contributed by atoms with Gasteiger partial charge >= 0.3 is 0 Å². The molecule has 3 rings (SSSR count). The third-order valence-electron chi connectivity index (χ3n) is 5.37. The van der Waals surface area contributed by atoms with Gasteiger partial charge in [-0.3, -0.25) is 9.59 Å². The molecule has 1 heterocycles. The van der Waals surface area contributed by atoms with Crippen LogP contribution in [-0.4, -0.2) is 22.2 Å². The van der Waals surface area contributed by atoms with Crippen LogP contribution in [0.3, 0.4) is 0 Å². The highest BCUT2D eigenvalue weighted by molar-refractivity contribution is 6.05. The summed E-state index contributed by atoms with van der Waals surface area (Å²) < 4.78 is 7.10. The van der Waals surface area contributed by atoms with Crippen molar-refractivity contribution in [1.82, 2.24) is 4.57 Å².